The summed E-state index contributed by atoms with van der Waals surface area (Å²) in [5.74, 6) is 0.946. The third-order valence-corrected chi connectivity index (χ3v) is 3.24. The smallest absolute Gasteiger partial charge is 0.142 e. The van der Waals surface area contributed by atoms with Gasteiger partial charge in [0.05, 0.1) is 18.5 Å². The largest absolute Gasteiger partial charge is 0.495 e. The Hall–Kier alpha value is -1.71. The number of hydrogen-bond acceptors (Lipinski definition) is 4. The molecule has 0 atom stereocenters. The van der Waals surface area contributed by atoms with Crippen molar-refractivity contribution in [2.45, 2.75) is 33.6 Å². The lowest BCUT2D eigenvalue weighted by atomic mass is 10.1. The maximum Gasteiger partial charge on any atom is 0.142 e. The summed E-state index contributed by atoms with van der Waals surface area (Å²) in [4.78, 5) is 7.17. The summed E-state index contributed by atoms with van der Waals surface area (Å²) in [7, 11) is 3.32. The van der Waals surface area contributed by atoms with E-state index in [0.717, 1.165) is 37.4 Å². The molecule has 4 heteroatoms. The SMILES string of the molecule is CC.CON=C1CCN(c2ccc(C)cc2OC)CC1. The molecule has 1 heterocycles. The van der Waals surface area contributed by atoms with E-state index < -0.39 is 0 Å². The van der Waals surface area contributed by atoms with Crippen LogP contribution in [0.5, 0.6) is 5.75 Å². The summed E-state index contributed by atoms with van der Waals surface area (Å²) < 4.78 is 5.46. The van der Waals surface area contributed by atoms with E-state index >= 15 is 0 Å². The lowest BCUT2D eigenvalue weighted by Gasteiger charge is -2.30. The molecular formula is C16H26N2O2. The molecule has 0 radical (unpaired) electrons. The number of ether oxygens (including phenoxy) is 1. The molecule has 0 spiro atoms. The lowest BCUT2D eigenvalue weighted by molar-refractivity contribution is 0.211. The van der Waals surface area contributed by atoms with Crippen LogP contribution in [-0.4, -0.2) is 33.0 Å². The van der Waals surface area contributed by atoms with E-state index in [4.69, 9.17) is 9.57 Å². The van der Waals surface area contributed by atoms with E-state index in [1.807, 2.05) is 13.8 Å². The average Bonchev–Trinajstić information content (AvgIpc) is 2.50. The molecule has 20 heavy (non-hydrogen) atoms. The quantitative estimate of drug-likeness (QED) is 0.792. The van der Waals surface area contributed by atoms with Crippen LogP contribution in [0.1, 0.15) is 32.3 Å². The Morgan fingerprint density at radius 3 is 2.30 bits per heavy atom. The molecule has 0 unspecified atom stereocenters. The van der Waals surface area contributed by atoms with E-state index in [0.29, 0.717) is 0 Å². The minimum atomic E-state index is 0.946. The molecule has 0 aliphatic carbocycles. The highest BCUT2D eigenvalue weighted by molar-refractivity contribution is 5.86. The van der Waals surface area contributed by atoms with Gasteiger partial charge in [0, 0.05) is 25.9 Å². The topological polar surface area (TPSA) is 34.1 Å². The Labute approximate surface area is 122 Å². The van der Waals surface area contributed by atoms with E-state index in [2.05, 4.69) is 35.2 Å². The maximum absolute atomic E-state index is 5.46. The highest BCUT2D eigenvalue weighted by atomic mass is 16.6. The van der Waals surface area contributed by atoms with Gasteiger partial charge in [-0.05, 0) is 24.6 Å². The highest BCUT2D eigenvalue weighted by Crippen LogP contribution is 2.30. The Morgan fingerprint density at radius 1 is 1.10 bits per heavy atom. The van der Waals surface area contributed by atoms with Crippen molar-refractivity contribution >= 4 is 11.4 Å². The lowest BCUT2D eigenvalue weighted by Crippen LogP contribution is -2.34. The van der Waals surface area contributed by atoms with Gasteiger partial charge in [-0.25, -0.2) is 0 Å². The Morgan fingerprint density at radius 2 is 1.75 bits per heavy atom. The zero-order valence-electron chi connectivity index (χ0n) is 13.3. The molecule has 112 valence electrons. The van der Waals surface area contributed by atoms with Crippen molar-refractivity contribution in [1.29, 1.82) is 0 Å². The minimum absolute atomic E-state index is 0.946. The van der Waals surface area contributed by atoms with Crippen molar-refractivity contribution in [2.24, 2.45) is 5.16 Å². The number of hydrogen-bond donors (Lipinski definition) is 0. The standard InChI is InChI=1S/C14H20N2O2.C2H6/c1-11-4-5-13(14(10-11)17-2)16-8-6-12(7-9-16)15-18-3;1-2/h4-5,10H,6-9H2,1-3H3;1-2H3. The molecule has 1 fully saturated rings. The Balaban J connectivity index is 0.000000956. The summed E-state index contributed by atoms with van der Waals surface area (Å²) in [6, 6.07) is 6.33. The zero-order valence-corrected chi connectivity index (χ0v) is 13.3. The fourth-order valence-electron chi connectivity index (χ4n) is 2.27. The summed E-state index contributed by atoms with van der Waals surface area (Å²) >= 11 is 0. The fraction of sp³-hybridized carbons (Fsp3) is 0.562. The van der Waals surface area contributed by atoms with Crippen molar-refractivity contribution in [3.63, 3.8) is 0 Å². The Kier molecular flexibility index (Phi) is 6.91. The first kappa shape index (κ1) is 16.3. The number of aryl methyl sites for hydroxylation is 1. The Bertz CT molecular complexity index is 434. The molecule has 2 rings (SSSR count). The predicted octanol–water partition coefficient (Wildman–Crippen LogP) is 3.63. The molecule has 4 nitrogen and oxygen atoms in total. The minimum Gasteiger partial charge on any atom is -0.495 e. The van der Waals surface area contributed by atoms with Gasteiger partial charge < -0.3 is 14.5 Å². The van der Waals surface area contributed by atoms with Crippen LogP contribution in [0.2, 0.25) is 0 Å². The molecule has 0 N–H and O–H groups in total. The molecule has 1 aliphatic rings. The van der Waals surface area contributed by atoms with Gasteiger partial charge in [0.1, 0.15) is 12.9 Å². The van der Waals surface area contributed by atoms with Crippen molar-refractivity contribution < 1.29 is 9.57 Å². The first-order chi connectivity index (χ1) is 9.74. The molecule has 1 aromatic carbocycles. The molecule has 0 saturated carbocycles. The molecule has 0 aromatic heterocycles. The highest BCUT2D eigenvalue weighted by Gasteiger charge is 2.18. The van der Waals surface area contributed by atoms with Crippen molar-refractivity contribution in [1.82, 2.24) is 0 Å². The van der Waals surface area contributed by atoms with Gasteiger partial charge in [-0.1, -0.05) is 25.1 Å². The van der Waals surface area contributed by atoms with Gasteiger partial charge in [-0.3, -0.25) is 0 Å². The maximum atomic E-state index is 5.46. The first-order valence-electron chi connectivity index (χ1n) is 7.23. The van der Waals surface area contributed by atoms with E-state index in [1.165, 1.54) is 11.3 Å². The van der Waals surface area contributed by atoms with Crippen LogP contribution in [0, 0.1) is 6.92 Å². The molecular weight excluding hydrogens is 252 g/mol. The summed E-state index contributed by atoms with van der Waals surface area (Å²) in [6.07, 6.45) is 1.90. The monoisotopic (exact) mass is 278 g/mol. The van der Waals surface area contributed by atoms with Crippen LogP contribution < -0.4 is 9.64 Å². The third-order valence-electron chi connectivity index (χ3n) is 3.24. The number of piperidine rings is 1. The number of benzene rings is 1. The van der Waals surface area contributed by atoms with E-state index in [-0.39, 0.29) is 0 Å². The second-order valence-electron chi connectivity index (χ2n) is 4.50. The van der Waals surface area contributed by atoms with Crippen LogP contribution in [0.25, 0.3) is 0 Å². The number of methoxy groups -OCH3 is 1. The van der Waals surface area contributed by atoms with E-state index in [9.17, 15) is 0 Å². The summed E-state index contributed by atoms with van der Waals surface area (Å²) in [5, 5.41) is 4.03. The molecule has 0 bridgehead atoms. The van der Waals surface area contributed by atoms with Gasteiger partial charge in [0.25, 0.3) is 0 Å². The van der Waals surface area contributed by atoms with Crippen LogP contribution in [-0.2, 0) is 4.84 Å². The van der Waals surface area contributed by atoms with Gasteiger partial charge in [0.15, 0.2) is 0 Å². The van der Waals surface area contributed by atoms with Crippen LogP contribution in [0.3, 0.4) is 0 Å². The second kappa shape index (κ2) is 8.46. The van der Waals surface area contributed by atoms with Crippen LogP contribution >= 0.6 is 0 Å². The zero-order chi connectivity index (χ0) is 15.0. The normalized spacial score (nSPS) is 14.2. The summed E-state index contributed by atoms with van der Waals surface area (Å²) in [5.41, 5.74) is 3.52. The number of nitrogens with zero attached hydrogens (tertiary/aromatic N) is 2. The van der Waals surface area contributed by atoms with Crippen molar-refractivity contribution in [2.75, 3.05) is 32.2 Å². The summed E-state index contributed by atoms with van der Waals surface area (Å²) in [6.45, 7) is 8.00. The van der Waals surface area contributed by atoms with E-state index in [1.54, 1.807) is 14.2 Å². The number of rotatable bonds is 3. The molecule has 1 saturated heterocycles. The third kappa shape index (κ3) is 4.15. The van der Waals surface area contributed by atoms with Crippen LogP contribution in [0.15, 0.2) is 23.4 Å². The van der Waals surface area contributed by atoms with Crippen molar-refractivity contribution in [3.8, 4) is 5.75 Å². The van der Waals surface area contributed by atoms with Gasteiger partial charge in [0.2, 0.25) is 0 Å². The fourth-order valence-corrected chi connectivity index (χ4v) is 2.27. The molecule has 0 amide bonds. The molecule has 1 aromatic rings. The van der Waals surface area contributed by atoms with Gasteiger partial charge in [-0.2, -0.15) is 0 Å². The first-order valence-corrected chi connectivity index (χ1v) is 7.23. The second-order valence-corrected chi connectivity index (χ2v) is 4.50. The van der Waals surface area contributed by atoms with Gasteiger partial charge in [-0.15, -0.1) is 0 Å². The van der Waals surface area contributed by atoms with Crippen molar-refractivity contribution in [3.05, 3.63) is 23.8 Å². The molecule has 1 aliphatic heterocycles. The average molecular weight is 278 g/mol. The number of anilines is 1. The van der Waals surface area contributed by atoms with Gasteiger partial charge >= 0.3 is 0 Å². The van der Waals surface area contributed by atoms with Crippen LogP contribution in [0.4, 0.5) is 5.69 Å². The predicted molar refractivity (Wildman–Crippen MR) is 85.0 cm³/mol. The number of oxime groups is 1.